The number of hydrogen-bond donors (Lipinski definition) is 2. The maximum atomic E-state index is 11.0. The van der Waals surface area contributed by atoms with Gasteiger partial charge in [-0.1, -0.05) is 6.92 Å². The molecule has 0 bridgehead atoms. The van der Waals surface area contributed by atoms with Crippen LogP contribution in [0.3, 0.4) is 0 Å². The van der Waals surface area contributed by atoms with E-state index < -0.39 is 12.0 Å². The van der Waals surface area contributed by atoms with E-state index in [1.807, 2.05) is 6.92 Å². The van der Waals surface area contributed by atoms with Crippen LogP contribution in [0.4, 0.5) is 0 Å². The van der Waals surface area contributed by atoms with Gasteiger partial charge in [-0.2, -0.15) is 0 Å². The van der Waals surface area contributed by atoms with Crippen molar-refractivity contribution in [1.29, 1.82) is 0 Å². The largest absolute Gasteiger partial charge is 0.468 e. The predicted molar refractivity (Wildman–Crippen MR) is 43.3 cm³/mol. The number of methoxy groups -OCH3 is 1. The van der Waals surface area contributed by atoms with Crippen molar-refractivity contribution in [2.45, 2.75) is 25.5 Å². The standard InChI is InChI=1S/C8H15NO3/c1-4(5-3-6(5)10)7(9)8(11)12-2/h4-7,10H,3,9H2,1-2H3/t4-,5?,6-,7+/m1/s1. The van der Waals surface area contributed by atoms with E-state index in [0.717, 1.165) is 6.42 Å². The first kappa shape index (κ1) is 9.48. The van der Waals surface area contributed by atoms with Crippen molar-refractivity contribution in [2.24, 2.45) is 17.6 Å². The highest BCUT2D eigenvalue weighted by Crippen LogP contribution is 2.38. The quantitative estimate of drug-likeness (QED) is 0.564. The molecule has 0 aliphatic heterocycles. The van der Waals surface area contributed by atoms with Crippen molar-refractivity contribution < 1.29 is 14.6 Å². The minimum atomic E-state index is -0.600. The summed E-state index contributed by atoms with van der Waals surface area (Å²) in [4.78, 5) is 11.0. The third-order valence-electron chi connectivity index (χ3n) is 2.52. The maximum absolute atomic E-state index is 11.0. The SMILES string of the molecule is COC(=O)[C@@H](N)[C@H](C)C1C[C@H]1O. The Hall–Kier alpha value is -0.610. The Kier molecular flexibility index (Phi) is 2.69. The number of hydrogen-bond acceptors (Lipinski definition) is 4. The van der Waals surface area contributed by atoms with Gasteiger partial charge in [-0.3, -0.25) is 4.79 Å². The van der Waals surface area contributed by atoms with Crippen LogP contribution >= 0.6 is 0 Å². The molecule has 4 nitrogen and oxygen atoms in total. The molecule has 1 aliphatic rings. The summed E-state index contributed by atoms with van der Waals surface area (Å²) >= 11 is 0. The van der Waals surface area contributed by atoms with Gasteiger partial charge in [0.2, 0.25) is 0 Å². The number of carbonyl (C=O) groups excluding carboxylic acids is 1. The molecule has 0 spiro atoms. The van der Waals surface area contributed by atoms with Gasteiger partial charge >= 0.3 is 5.97 Å². The number of nitrogens with two attached hydrogens (primary N) is 1. The van der Waals surface area contributed by atoms with Crippen LogP contribution in [-0.2, 0) is 9.53 Å². The third kappa shape index (κ3) is 1.76. The Morgan fingerprint density at radius 3 is 2.58 bits per heavy atom. The van der Waals surface area contributed by atoms with Gasteiger partial charge < -0.3 is 15.6 Å². The summed E-state index contributed by atoms with van der Waals surface area (Å²) in [7, 11) is 1.32. The molecule has 0 aromatic rings. The van der Waals surface area contributed by atoms with Crippen LogP contribution in [0.1, 0.15) is 13.3 Å². The Labute approximate surface area is 71.7 Å². The van der Waals surface area contributed by atoms with Gasteiger partial charge in [0.1, 0.15) is 6.04 Å². The highest BCUT2D eigenvalue weighted by molar-refractivity contribution is 5.75. The van der Waals surface area contributed by atoms with Crippen molar-refractivity contribution in [3.05, 3.63) is 0 Å². The van der Waals surface area contributed by atoms with Gasteiger partial charge in [0.15, 0.2) is 0 Å². The van der Waals surface area contributed by atoms with Crippen LogP contribution < -0.4 is 5.73 Å². The average molecular weight is 173 g/mol. The number of esters is 1. The molecule has 1 rings (SSSR count). The summed E-state index contributed by atoms with van der Waals surface area (Å²) in [5.74, 6) is -0.215. The summed E-state index contributed by atoms with van der Waals surface area (Å²) in [5, 5.41) is 9.09. The van der Waals surface area contributed by atoms with Crippen molar-refractivity contribution in [2.75, 3.05) is 7.11 Å². The molecule has 0 heterocycles. The zero-order valence-electron chi connectivity index (χ0n) is 7.36. The van der Waals surface area contributed by atoms with Gasteiger partial charge in [-0.25, -0.2) is 0 Å². The van der Waals surface area contributed by atoms with Gasteiger partial charge in [0, 0.05) is 0 Å². The van der Waals surface area contributed by atoms with E-state index in [1.54, 1.807) is 0 Å². The number of carbonyl (C=O) groups is 1. The van der Waals surface area contributed by atoms with Crippen LogP contribution in [0.15, 0.2) is 0 Å². The van der Waals surface area contributed by atoms with Gasteiger partial charge in [-0.15, -0.1) is 0 Å². The second-order valence-corrected chi connectivity index (χ2v) is 3.37. The normalized spacial score (nSPS) is 32.3. The number of aliphatic hydroxyl groups excluding tert-OH is 1. The van der Waals surface area contributed by atoms with Crippen molar-refractivity contribution in [3.8, 4) is 0 Å². The second-order valence-electron chi connectivity index (χ2n) is 3.37. The topological polar surface area (TPSA) is 72.5 Å². The summed E-state index contributed by atoms with van der Waals surface area (Å²) in [6, 6.07) is -0.600. The molecule has 0 radical (unpaired) electrons. The molecule has 1 aliphatic carbocycles. The number of rotatable bonds is 3. The monoisotopic (exact) mass is 173 g/mol. The predicted octanol–water partition coefficient (Wildman–Crippen LogP) is -0.496. The van der Waals surface area contributed by atoms with Crippen molar-refractivity contribution in [1.82, 2.24) is 0 Å². The van der Waals surface area contributed by atoms with Gasteiger partial charge in [0.25, 0.3) is 0 Å². The lowest BCUT2D eigenvalue weighted by atomic mass is 9.97. The molecule has 0 aromatic heterocycles. The molecule has 1 saturated carbocycles. The van der Waals surface area contributed by atoms with Crippen LogP contribution in [-0.4, -0.2) is 30.3 Å². The molecule has 0 amide bonds. The van der Waals surface area contributed by atoms with Crippen LogP contribution in [0.2, 0.25) is 0 Å². The molecule has 12 heavy (non-hydrogen) atoms. The zero-order valence-corrected chi connectivity index (χ0v) is 7.36. The lowest BCUT2D eigenvalue weighted by Gasteiger charge is -2.16. The van der Waals surface area contributed by atoms with E-state index in [-0.39, 0.29) is 17.9 Å². The first-order valence-corrected chi connectivity index (χ1v) is 4.09. The highest BCUT2D eigenvalue weighted by Gasteiger charge is 2.43. The molecule has 1 unspecified atom stereocenters. The molecule has 4 heteroatoms. The molecule has 4 atom stereocenters. The fourth-order valence-corrected chi connectivity index (χ4v) is 1.38. The van der Waals surface area contributed by atoms with Crippen LogP contribution in [0.5, 0.6) is 0 Å². The van der Waals surface area contributed by atoms with E-state index >= 15 is 0 Å². The van der Waals surface area contributed by atoms with E-state index in [9.17, 15) is 4.79 Å². The van der Waals surface area contributed by atoms with E-state index in [1.165, 1.54) is 7.11 Å². The molecule has 1 fully saturated rings. The van der Waals surface area contributed by atoms with E-state index in [0.29, 0.717) is 0 Å². The Morgan fingerprint density at radius 1 is 1.75 bits per heavy atom. The fourth-order valence-electron chi connectivity index (χ4n) is 1.38. The summed E-state index contributed by atoms with van der Waals surface area (Å²) < 4.78 is 4.50. The Bertz CT molecular complexity index is 183. The minimum absolute atomic E-state index is 0.00690. The molecule has 3 N–H and O–H groups in total. The van der Waals surface area contributed by atoms with Gasteiger partial charge in [-0.05, 0) is 18.3 Å². The molecular formula is C8H15NO3. The smallest absolute Gasteiger partial charge is 0.322 e. The first-order chi connectivity index (χ1) is 5.57. The molecule has 0 saturated heterocycles. The summed E-state index contributed by atoms with van der Waals surface area (Å²) in [6.45, 7) is 1.86. The minimum Gasteiger partial charge on any atom is -0.468 e. The maximum Gasteiger partial charge on any atom is 0.322 e. The number of ether oxygens (including phenoxy) is 1. The van der Waals surface area contributed by atoms with E-state index in [2.05, 4.69) is 4.74 Å². The lowest BCUT2D eigenvalue weighted by molar-refractivity contribution is -0.143. The van der Waals surface area contributed by atoms with Crippen molar-refractivity contribution >= 4 is 5.97 Å². The summed E-state index contributed by atoms with van der Waals surface area (Å²) in [6.07, 6.45) is 0.488. The van der Waals surface area contributed by atoms with E-state index in [4.69, 9.17) is 10.8 Å². The second kappa shape index (κ2) is 3.41. The molecule has 70 valence electrons. The zero-order chi connectivity index (χ0) is 9.30. The lowest BCUT2D eigenvalue weighted by Crippen LogP contribution is -2.39. The Balaban J connectivity index is 2.41. The van der Waals surface area contributed by atoms with Gasteiger partial charge in [0.05, 0.1) is 13.2 Å². The fraction of sp³-hybridized carbons (Fsp3) is 0.875. The molecule has 0 aromatic carbocycles. The third-order valence-corrected chi connectivity index (χ3v) is 2.52. The van der Waals surface area contributed by atoms with Crippen LogP contribution in [0, 0.1) is 11.8 Å². The Morgan fingerprint density at radius 2 is 2.25 bits per heavy atom. The molecular weight excluding hydrogens is 158 g/mol. The summed E-state index contributed by atoms with van der Waals surface area (Å²) in [5.41, 5.74) is 5.59. The van der Waals surface area contributed by atoms with Crippen LogP contribution in [0.25, 0.3) is 0 Å². The number of aliphatic hydroxyl groups is 1. The van der Waals surface area contributed by atoms with Crippen molar-refractivity contribution in [3.63, 3.8) is 0 Å². The average Bonchev–Trinajstić information content (AvgIpc) is 2.78. The highest BCUT2D eigenvalue weighted by atomic mass is 16.5. The first-order valence-electron chi connectivity index (χ1n) is 4.09.